The molecule has 112 valence electrons. The Kier molecular flexibility index (Phi) is 3.35. The summed E-state index contributed by atoms with van der Waals surface area (Å²) in [4.78, 5) is 23.9. The SMILES string of the molecule is CC1(C)Oc2cc(NC(=O)C3CCCC3)ccc2NC1=O. The maximum absolute atomic E-state index is 12.1. The first-order chi connectivity index (χ1) is 9.95. The van der Waals surface area contributed by atoms with Crippen LogP contribution < -0.4 is 15.4 Å². The summed E-state index contributed by atoms with van der Waals surface area (Å²) >= 11 is 0. The van der Waals surface area contributed by atoms with Crippen molar-refractivity contribution in [2.45, 2.75) is 45.1 Å². The third-order valence-electron chi connectivity index (χ3n) is 4.14. The molecule has 0 radical (unpaired) electrons. The van der Waals surface area contributed by atoms with Crippen LogP contribution in [0, 0.1) is 5.92 Å². The number of fused-ring (bicyclic) bond motifs is 1. The van der Waals surface area contributed by atoms with Crippen molar-refractivity contribution in [2.75, 3.05) is 10.6 Å². The first-order valence-electron chi connectivity index (χ1n) is 7.41. The van der Waals surface area contributed by atoms with Gasteiger partial charge in [-0.1, -0.05) is 12.8 Å². The highest BCUT2D eigenvalue weighted by molar-refractivity contribution is 6.01. The van der Waals surface area contributed by atoms with E-state index in [1.165, 1.54) is 0 Å². The van der Waals surface area contributed by atoms with Gasteiger partial charge in [-0.05, 0) is 38.8 Å². The molecule has 1 aliphatic heterocycles. The van der Waals surface area contributed by atoms with E-state index >= 15 is 0 Å². The molecule has 0 saturated heterocycles. The molecule has 2 aliphatic rings. The molecule has 2 amide bonds. The summed E-state index contributed by atoms with van der Waals surface area (Å²) < 4.78 is 5.72. The molecule has 0 unspecified atom stereocenters. The number of benzene rings is 1. The fourth-order valence-corrected chi connectivity index (χ4v) is 2.81. The number of carbonyl (C=O) groups is 2. The molecule has 0 bridgehead atoms. The van der Waals surface area contributed by atoms with Gasteiger partial charge in [-0.2, -0.15) is 0 Å². The van der Waals surface area contributed by atoms with Crippen molar-refractivity contribution in [3.63, 3.8) is 0 Å². The second kappa shape index (κ2) is 5.06. The Morgan fingerprint density at radius 2 is 2.05 bits per heavy atom. The Balaban J connectivity index is 1.77. The molecular formula is C16H20N2O3. The van der Waals surface area contributed by atoms with E-state index in [0.717, 1.165) is 25.7 Å². The lowest BCUT2D eigenvalue weighted by Crippen LogP contribution is -2.45. The highest BCUT2D eigenvalue weighted by Crippen LogP contribution is 2.36. The van der Waals surface area contributed by atoms with Crippen LogP contribution in [-0.2, 0) is 9.59 Å². The third-order valence-corrected chi connectivity index (χ3v) is 4.14. The van der Waals surface area contributed by atoms with E-state index in [1.54, 1.807) is 32.0 Å². The molecule has 1 saturated carbocycles. The maximum Gasteiger partial charge on any atom is 0.268 e. The van der Waals surface area contributed by atoms with Gasteiger partial charge < -0.3 is 15.4 Å². The van der Waals surface area contributed by atoms with E-state index < -0.39 is 5.60 Å². The minimum absolute atomic E-state index is 0.0755. The van der Waals surface area contributed by atoms with Crippen molar-refractivity contribution in [2.24, 2.45) is 5.92 Å². The van der Waals surface area contributed by atoms with Crippen LogP contribution in [0.4, 0.5) is 11.4 Å². The third kappa shape index (κ3) is 2.73. The number of nitrogens with one attached hydrogen (secondary N) is 2. The Morgan fingerprint density at radius 1 is 1.33 bits per heavy atom. The fraction of sp³-hybridized carbons (Fsp3) is 0.500. The molecule has 1 aromatic rings. The van der Waals surface area contributed by atoms with Gasteiger partial charge in [-0.25, -0.2) is 0 Å². The first-order valence-corrected chi connectivity index (χ1v) is 7.41. The van der Waals surface area contributed by atoms with Crippen LogP contribution in [0.2, 0.25) is 0 Å². The van der Waals surface area contributed by atoms with Crippen LogP contribution in [-0.4, -0.2) is 17.4 Å². The normalized spacial score (nSPS) is 20.4. The van der Waals surface area contributed by atoms with Crippen molar-refractivity contribution >= 4 is 23.2 Å². The van der Waals surface area contributed by atoms with Gasteiger partial charge in [-0.15, -0.1) is 0 Å². The second-order valence-corrected chi connectivity index (χ2v) is 6.25. The van der Waals surface area contributed by atoms with E-state index in [2.05, 4.69) is 10.6 Å². The summed E-state index contributed by atoms with van der Waals surface area (Å²) in [7, 11) is 0. The lowest BCUT2D eigenvalue weighted by atomic mass is 10.1. The van der Waals surface area contributed by atoms with Gasteiger partial charge in [0, 0.05) is 17.7 Å². The molecule has 0 spiro atoms. The molecule has 1 aliphatic carbocycles. The summed E-state index contributed by atoms with van der Waals surface area (Å²) in [6, 6.07) is 5.31. The molecular weight excluding hydrogens is 268 g/mol. The van der Waals surface area contributed by atoms with Gasteiger partial charge in [0.25, 0.3) is 5.91 Å². The van der Waals surface area contributed by atoms with Gasteiger partial charge in [0.15, 0.2) is 5.60 Å². The summed E-state index contributed by atoms with van der Waals surface area (Å²) in [6.07, 6.45) is 4.20. The van der Waals surface area contributed by atoms with Gasteiger partial charge >= 0.3 is 0 Å². The van der Waals surface area contributed by atoms with E-state index in [9.17, 15) is 9.59 Å². The van der Waals surface area contributed by atoms with Crippen LogP contribution in [0.15, 0.2) is 18.2 Å². The molecule has 1 heterocycles. The maximum atomic E-state index is 12.1. The zero-order chi connectivity index (χ0) is 15.0. The van der Waals surface area contributed by atoms with Crippen molar-refractivity contribution in [3.8, 4) is 5.75 Å². The molecule has 2 N–H and O–H groups in total. The number of amides is 2. The number of rotatable bonds is 2. The van der Waals surface area contributed by atoms with E-state index in [0.29, 0.717) is 17.1 Å². The predicted molar refractivity (Wildman–Crippen MR) is 80.4 cm³/mol. The smallest absolute Gasteiger partial charge is 0.268 e. The molecule has 1 fully saturated rings. The lowest BCUT2D eigenvalue weighted by molar-refractivity contribution is -0.129. The highest BCUT2D eigenvalue weighted by atomic mass is 16.5. The zero-order valence-corrected chi connectivity index (χ0v) is 12.4. The summed E-state index contributed by atoms with van der Waals surface area (Å²) in [5, 5.41) is 5.75. The number of hydrogen-bond donors (Lipinski definition) is 2. The number of ether oxygens (including phenoxy) is 1. The molecule has 21 heavy (non-hydrogen) atoms. The average molecular weight is 288 g/mol. The Labute approximate surface area is 124 Å². The number of carbonyl (C=O) groups excluding carboxylic acids is 2. The van der Waals surface area contributed by atoms with Crippen molar-refractivity contribution in [3.05, 3.63) is 18.2 Å². The Morgan fingerprint density at radius 3 is 2.76 bits per heavy atom. The quantitative estimate of drug-likeness (QED) is 0.879. The number of anilines is 2. The minimum atomic E-state index is -0.902. The second-order valence-electron chi connectivity index (χ2n) is 6.25. The molecule has 0 aromatic heterocycles. The van der Waals surface area contributed by atoms with Crippen molar-refractivity contribution in [1.82, 2.24) is 0 Å². The first kappa shape index (κ1) is 13.9. The molecule has 5 nitrogen and oxygen atoms in total. The predicted octanol–water partition coefficient (Wildman–Crippen LogP) is 2.92. The van der Waals surface area contributed by atoms with Crippen molar-refractivity contribution in [1.29, 1.82) is 0 Å². The molecule has 1 aromatic carbocycles. The largest absolute Gasteiger partial charge is 0.476 e. The van der Waals surface area contributed by atoms with Crippen molar-refractivity contribution < 1.29 is 14.3 Å². The van der Waals surface area contributed by atoms with E-state index in [1.807, 2.05) is 0 Å². The zero-order valence-electron chi connectivity index (χ0n) is 12.4. The summed E-state index contributed by atoms with van der Waals surface area (Å²) in [5.74, 6) is 0.617. The van der Waals surface area contributed by atoms with Gasteiger partial charge in [0.2, 0.25) is 5.91 Å². The molecule has 0 atom stereocenters. The fourth-order valence-electron chi connectivity index (χ4n) is 2.81. The highest BCUT2D eigenvalue weighted by Gasteiger charge is 2.35. The van der Waals surface area contributed by atoms with Crippen LogP contribution in [0.3, 0.4) is 0 Å². The van der Waals surface area contributed by atoms with E-state index in [4.69, 9.17) is 4.74 Å². The van der Waals surface area contributed by atoms with Crippen LogP contribution in [0.5, 0.6) is 5.75 Å². The Bertz CT molecular complexity index is 589. The van der Waals surface area contributed by atoms with E-state index in [-0.39, 0.29) is 17.7 Å². The summed E-state index contributed by atoms with van der Waals surface area (Å²) in [6.45, 7) is 3.43. The standard InChI is InChI=1S/C16H20N2O3/c1-16(2)15(20)18-12-8-7-11(9-13(12)21-16)17-14(19)10-5-3-4-6-10/h7-10H,3-6H2,1-2H3,(H,17,19)(H,18,20). The van der Waals surface area contributed by atoms with Crippen LogP contribution in [0.25, 0.3) is 0 Å². The number of hydrogen-bond acceptors (Lipinski definition) is 3. The molecule has 5 heteroatoms. The Hall–Kier alpha value is -2.04. The van der Waals surface area contributed by atoms with Crippen LogP contribution in [0.1, 0.15) is 39.5 Å². The summed E-state index contributed by atoms with van der Waals surface area (Å²) in [5.41, 5.74) is 0.442. The average Bonchev–Trinajstić information content (AvgIpc) is 2.94. The van der Waals surface area contributed by atoms with Gasteiger partial charge in [0.05, 0.1) is 5.69 Å². The minimum Gasteiger partial charge on any atom is -0.476 e. The van der Waals surface area contributed by atoms with Gasteiger partial charge in [-0.3, -0.25) is 9.59 Å². The van der Waals surface area contributed by atoms with Gasteiger partial charge in [0.1, 0.15) is 5.75 Å². The molecule has 3 rings (SSSR count). The topological polar surface area (TPSA) is 67.4 Å². The van der Waals surface area contributed by atoms with Crippen LogP contribution >= 0.6 is 0 Å². The monoisotopic (exact) mass is 288 g/mol. The lowest BCUT2D eigenvalue weighted by Gasteiger charge is -2.31.